The van der Waals surface area contributed by atoms with Crippen molar-refractivity contribution < 1.29 is 33.0 Å². The van der Waals surface area contributed by atoms with Crippen LogP contribution < -0.4 is 4.90 Å². The third kappa shape index (κ3) is 10.2. The van der Waals surface area contributed by atoms with Crippen molar-refractivity contribution in [3.8, 4) is 0 Å². The van der Waals surface area contributed by atoms with Crippen LogP contribution in [0.5, 0.6) is 0 Å². The Bertz CT molecular complexity index is 2350. The van der Waals surface area contributed by atoms with Crippen molar-refractivity contribution in [3.63, 3.8) is 0 Å². The van der Waals surface area contributed by atoms with Gasteiger partial charge in [-0.1, -0.05) is 102 Å². The number of rotatable bonds is 13. The van der Waals surface area contributed by atoms with Crippen LogP contribution in [0.2, 0.25) is 0 Å². The Balaban J connectivity index is 0.964. The molecule has 2 unspecified atom stereocenters. The normalized spacial score (nSPS) is 22.7. The van der Waals surface area contributed by atoms with Crippen molar-refractivity contribution in [1.29, 1.82) is 0 Å². The summed E-state index contributed by atoms with van der Waals surface area (Å²) in [6, 6.07) is 24.0. The van der Waals surface area contributed by atoms with E-state index in [-0.39, 0.29) is 66.6 Å². The van der Waals surface area contributed by atoms with Crippen LogP contribution >= 0.6 is 0 Å². The molecule has 5 aliphatic heterocycles. The first-order valence-corrected chi connectivity index (χ1v) is 24.5. The van der Waals surface area contributed by atoms with Gasteiger partial charge in [0, 0.05) is 43.0 Å². The summed E-state index contributed by atoms with van der Waals surface area (Å²) in [5.74, 6) is -2.01. The Hall–Kier alpha value is -5.91. The lowest BCUT2D eigenvalue weighted by Gasteiger charge is -2.35. The van der Waals surface area contributed by atoms with Crippen molar-refractivity contribution in [2.45, 2.75) is 130 Å². The Labute approximate surface area is 401 Å². The van der Waals surface area contributed by atoms with E-state index in [0.29, 0.717) is 25.9 Å². The molecule has 0 saturated carbocycles. The van der Waals surface area contributed by atoms with E-state index in [1.807, 2.05) is 63.5 Å². The number of carbonyl (C=O) groups excluding carboxylic acids is 4. The highest BCUT2D eigenvalue weighted by Crippen LogP contribution is 2.48. The number of ether oxygens (including phenoxy) is 2. The third-order valence-electron chi connectivity index (χ3n) is 15.0. The largest absolute Gasteiger partial charge is 0.469 e. The first-order chi connectivity index (χ1) is 32.4. The van der Waals surface area contributed by atoms with Crippen LogP contribution in [0.25, 0.3) is 11.4 Å². The number of hydrogen-bond donors (Lipinski definition) is 0. The fourth-order valence-electron chi connectivity index (χ4n) is 11.1. The molecule has 0 N–H and O–H groups in total. The minimum absolute atomic E-state index is 0.0104. The maximum Gasteiger partial charge on any atom is 0.306 e. The number of aliphatic imine (C=N–C) groups is 2. The molecule has 3 saturated heterocycles. The second-order valence-electron chi connectivity index (χ2n) is 21.3. The summed E-state index contributed by atoms with van der Waals surface area (Å²) in [6.45, 7) is 13.3. The summed E-state index contributed by atoms with van der Waals surface area (Å²) in [6.07, 6.45) is 11.1. The van der Waals surface area contributed by atoms with Crippen LogP contribution in [-0.2, 0) is 28.7 Å². The summed E-state index contributed by atoms with van der Waals surface area (Å²) in [5.41, 5.74) is 8.31. The molecule has 0 bridgehead atoms. The van der Waals surface area contributed by atoms with Crippen molar-refractivity contribution in [1.82, 2.24) is 9.80 Å². The topological polar surface area (TPSA) is 121 Å². The number of allylic oxidation sites excluding steroid dienone is 2. The molecule has 360 valence electrons. The van der Waals surface area contributed by atoms with E-state index in [4.69, 9.17) is 19.5 Å². The molecule has 8 rings (SSSR count). The van der Waals surface area contributed by atoms with Gasteiger partial charge < -0.3 is 24.2 Å². The SMILES string of the molecule is COC(=O)C[C@H](C(=O)N1CCC[C@H]1C1=NC(c2ccc(C3CCC(c4ccc(C5=CCC([C@@H]6CCCN6C(=O)[C@@H](CC(=O)OC)C(C)(C)C)=N5)cc4)N3c3ccc(F)cc3)cc2)=CC1)C(C)(C)C. The number of hydrogen-bond acceptors (Lipinski definition) is 9. The van der Waals surface area contributed by atoms with Crippen molar-refractivity contribution in [2.24, 2.45) is 32.7 Å². The van der Waals surface area contributed by atoms with Gasteiger partial charge in [0.15, 0.2) is 0 Å². The van der Waals surface area contributed by atoms with E-state index in [1.54, 1.807) is 0 Å². The minimum atomic E-state index is -0.483. The van der Waals surface area contributed by atoms with Gasteiger partial charge in [0.05, 0.1) is 74.5 Å². The van der Waals surface area contributed by atoms with Crippen LogP contribution in [0.15, 0.2) is 94.9 Å². The van der Waals surface area contributed by atoms with Crippen LogP contribution in [0.1, 0.15) is 140 Å². The van der Waals surface area contributed by atoms with Crippen molar-refractivity contribution in [3.05, 3.63) is 113 Å². The highest BCUT2D eigenvalue weighted by atomic mass is 19.1. The number of anilines is 1. The molecule has 3 aromatic carbocycles. The standard InChI is InChI=1S/C56H68FN5O6/c1-55(2,3)41(33-51(63)67-7)53(65)60-31-9-11-49(60)45-27-25-43(58-45)35-13-17-37(18-14-35)47-29-30-48(62(47)40-23-21-39(57)22-24-40)38-19-15-36(16-20-38)44-26-28-46(59-44)50-12-10-32-61(50)54(66)42(56(4,5)6)34-52(64)68-8/h13-26,41-42,47-50H,9-12,27-34H2,1-8H3/t41-,42-,47?,48?,49+,50+/m1/s1. The molecule has 3 fully saturated rings. The molecule has 5 heterocycles. The van der Waals surface area contributed by atoms with Crippen LogP contribution in [-0.4, -0.2) is 84.4 Å². The van der Waals surface area contributed by atoms with Gasteiger partial charge in [-0.05, 0) is 95.9 Å². The fraction of sp³-hybridized carbons (Fsp3) is 0.500. The van der Waals surface area contributed by atoms with Gasteiger partial charge in [-0.2, -0.15) is 0 Å². The molecule has 5 aliphatic rings. The third-order valence-corrected chi connectivity index (χ3v) is 15.0. The molecule has 3 aromatic rings. The number of benzene rings is 3. The van der Waals surface area contributed by atoms with Gasteiger partial charge in [-0.3, -0.25) is 29.2 Å². The Kier molecular flexibility index (Phi) is 14.3. The Morgan fingerprint density at radius 2 is 0.985 bits per heavy atom. The van der Waals surface area contributed by atoms with Crippen molar-refractivity contribution in [2.75, 3.05) is 32.2 Å². The quantitative estimate of drug-likeness (QED) is 0.157. The van der Waals surface area contributed by atoms with E-state index in [0.717, 1.165) is 78.2 Å². The number of methoxy groups -OCH3 is 2. The molecular formula is C56H68FN5O6. The second kappa shape index (κ2) is 20.0. The van der Waals surface area contributed by atoms with Crippen LogP contribution in [0.4, 0.5) is 10.1 Å². The molecule has 11 nitrogen and oxygen atoms in total. The number of esters is 2. The van der Waals surface area contributed by atoms with Gasteiger partial charge in [-0.15, -0.1) is 0 Å². The lowest BCUT2D eigenvalue weighted by atomic mass is 9.77. The number of nitrogens with zero attached hydrogens (tertiary/aromatic N) is 5. The number of carbonyl (C=O) groups is 4. The zero-order valence-corrected chi connectivity index (χ0v) is 41.1. The maximum atomic E-state index is 14.3. The Morgan fingerprint density at radius 1 is 0.588 bits per heavy atom. The average Bonchev–Trinajstić information content (AvgIpc) is 4.18. The molecule has 6 atom stereocenters. The molecule has 0 spiro atoms. The molecule has 12 heteroatoms. The molecular weight excluding hydrogens is 858 g/mol. The first-order valence-electron chi connectivity index (χ1n) is 24.5. The first kappa shape index (κ1) is 48.5. The van der Waals surface area contributed by atoms with Gasteiger partial charge in [0.2, 0.25) is 11.8 Å². The van der Waals surface area contributed by atoms with Crippen LogP contribution in [0.3, 0.4) is 0 Å². The van der Waals surface area contributed by atoms with Gasteiger partial charge >= 0.3 is 11.9 Å². The highest BCUT2D eigenvalue weighted by molar-refractivity contribution is 6.03. The minimum Gasteiger partial charge on any atom is -0.469 e. The molecule has 68 heavy (non-hydrogen) atoms. The number of halogens is 1. The number of amides is 2. The summed E-state index contributed by atoms with van der Waals surface area (Å²) >= 11 is 0. The summed E-state index contributed by atoms with van der Waals surface area (Å²) < 4.78 is 24.3. The second-order valence-corrected chi connectivity index (χ2v) is 21.3. The smallest absolute Gasteiger partial charge is 0.306 e. The molecule has 2 amide bonds. The predicted molar refractivity (Wildman–Crippen MR) is 265 cm³/mol. The zero-order valence-electron chi connectivity index (χ0n) is 41.1. The fourth-order valence-corrected chi connectivity index (χ4v) is 11.1. The lowest BCUT2D eigenvalue weighted by Crippen LogP contribution is -2.47. The Morgan fingerprint density at radius 3 is 1.35 bits per heavy atom. The summed E-state index contributed by atoms with van der Waals surface area (Å²) in [5, 5.41) is 0. The molecule has 0 aliphatic carbocycles. The summed E-state index contributed by atoms with van der Waals surface area (Å²) in [4.78, 5) is 69.2. The van der Waals surface area contributed by atoms with Gasteiger partial charge in [0.1, 0.15) is 5.82 Å². The monoisotopic (exact) mass is 926 g/mol. The predicted octanol–water partition coefficient (Wildman–Crippen LogP) is 10.7. The lowest BCUT2D eigenvalue weighted by molar-refractivity contribution is -0.149. The highest BCUT2D eigenvalue weighted by Gasteiger charge is 2.44. The van der Waals surface area contributed by atoms with Crippen molar-refractivity contribution >= 4 is 52.3 Å². The van der Waals surface area contributed by atoms with E-state index in [9.17, 15) is 23.6 Å². The maximum absolute atomic E-state index is 14.3. The van der Waals surface area contributed by atoms with Crippen LogP contribution in [0, 0.1) is 28.5 Å². The summed E-state index contributed by atoms with van der Waals surface area (Å²) in [7, 11) is 2.73. The number of likely N-dealkylation sites (tertiary alicyclic amines) is 2. The van der Waals surface area contributed by atoms with E-state index < -0.39 is 22.7 Å². The molecule has 0 radical (unpaired) electrons. The van der Waals surface area contributed by atoms with E-state index >= 15 is 0 Å². The van der Waals surface area contributed by atoms with E-state index in [2.05, 4.69) is 65.6 Å². The zero-order chi connectivity index (χ0) is 48.5. The van der Waals surface area contributed by atoms with Gasteiger partial charge in [0.25, 0.3) is 0 Å². The van der Waals surface area contributed by atoms with Gasteiger partial charge in [-0.25, -0.2) is 4.39 Å². The molecule has 0 aromatic heterocycles. The van der Waals surface area contributed by atoms with E-state index in [1.165, 1.54) is 37.5 Å². The average molecular weight is 926 g/mol.